The smallest absolute Gasteiger partial charge is 0.276 e. The predicted molar refractivity (Wildman–Crippen MR) is 83.2 cm³/mol. The van der Waals surface area contributed by atoms with Crippen LogP contribution in [0.1, 0.15) is 5.56 Å². The van der Waals surface area contributed by atoms with Crippen LogP contribution >= 0.6 is 24.0 Å². The molecule has 1 aliphatic rings. The van der Waals surface area contributed by atoms with Gasteiger partial charge in [0.2, 0.25) is 0 Å². The quantitative estimate of drug-likeness (QED) is 0.281. The van der Waals surface area contributed by atoms with Crippen molar-refractivity contribution in [2.24, 2.45) is 0 Å². The molecule has 1 aliphatic heterocycles. The third-order valence-electron chi connectivity index (χ3n) is 2.61. The molecule has 0 unspecified atom stereocenters. The van der Waals surface area contributed by atoms with Crippen molar-refractivity contribution < 1.29 is 9.72 Å². The molecule has 1 amide bonds. The molecule has 102 valence electrons. The molecule has 1 heterocycles. The molecule has 0 radical (unpaired) electrons. The topological polar surface area (TPSA) is 63.5 Å². The molecule has 20 heavy (non-hydrogen) atoms. The van der Waals surface area contributed by atoms with E-state index in [0.717, 1.165) is 11.8 Å². The Labute approximate surface area is 125 Å². The highest BCUT2D eigenvalue weighted by molar-refractivity contribution is 8.26. The lowest BCUT2D eigenvalue weighted by Crippen LogP contribution is -2.27. The van der Waals surface area contributed by atoms with E-state index in [1.54, 1.807) is 24.3 Å². The highest BCUT2D eigenvalue weighted by Crippen LogP contribution is 2.33. The number of carbonyl (C=O) groups excluding carboxylic acids is 1. The number of rotatable bonds is 4. The zero-order valence-electron chi connectivity index (χ0n) is 10.3. The van der Waals surface area contributed by atoms with E-state index in [4.69, 9.17) is 12.2 Å². The minimum atomic E-state index is -0.476. The Hall–Kier alpha value is -1.99. The maximum absolute atomic E-state index is 12.1. The molecule has 2 rings (SSSR count). The summed E-state index contributed by atoms with van der Waals surface area (Å²) in [7, 11) is 0. The van der Waals surface area contributed by atoms with E-state index in [9.17, 15) is 14.9 Å². The van der Waals surface area contributed by atoms with Crippen molar-refractivity contribution in [3.63, 3.8) is 0 Å². The van der Waals surface area contributed by atoms with E-state index < -0.39 is 4.92 Å². The molecular formula is C13H10N2O3S2. The van der Waals surface area contributed by atoms with Crippen LogP contribution in [0, 0.1) is 10.1 Å². The van der Waals surface area contributed by atoms with Crippen LogP contribution in [0.25, 0.3) is 6.08 Å². The summed E-state index contributed by atoms with van der Waals surface area (Å²) in [5, 5.41) is 10.9. The average Bonchev–Trinajstić information content (AvgIpc) is 2.67. The fourth-order valence-corrected chi connectivity index (χ4v) is 2.97. The van der Waals surface area contributed by atoms with Crippen LogP contribution in [-0.2, 0) is 4.79 Å². The standard InChI is InChI=1S/C13H10N2O3S2/c1-2-7-14-12(16)11(20-13(14)19)8-9-5-3-4-6-10(9)15(17)18/h2-6,8H,1,7H2/b11-8-. The Bertz CT molecular complexity index is 640. The molecule has 1 saturated heterocycles. The van der Waals surface area contributed by atoms with E-state index in [2.05, 4.69) is 6.58 Å². The van der Waals surface area contributed by atoms with Crippen LogP contribution < -0.4 is 0 Å². The van der Waals surface area contributed by atoms with Gasteiger partial charge in [0.15, 0.2) is 0 Å². The third-order valence-corrected chi connectivity index (χ3v) is 3.98. The minimum absolute atomic E-state index is 0.0403. The van der Waals surface area contributed by atoms with Gasteiger partial charge in [-0.15, -0.1) is 6.58 Å². The number of carbonyl (C=O) groups is 1. The van der Waals surface area contributed by atoms with Crippen molar-refractivity contribution in [1.82, 2.24) is 4.90 Å². The van der Waals surface area contributed by atoms with E-state index in [1.165, 1.54) is 17.0 Å². The van der Waals surface area contributed by atoms with Crippen LogP contribution in [-0.4, -0.2) is 26.6 Å². The summed E-state index contributed by atoms with van der Waals surface area (Å²) in [6, 6.07) is 6.26. The van der Waals surface area contributed by atoms with Crippen LogP contribution in [0.5, 0.6) is 0 Å². The summed E-state index contributed by atoms with van der Waals surface area (Å²) in [6.45, 7) is 3.90. The van der Waals surface area contributed by atoms with Gasteiger partial charge >= 0.3 is 0 Å². The molecule has 1 aromatic carbocycles. The van der Waals surface area contributed by atoms with Crippen molar-refractivity contribution in [2.45, 2.75) is 0 Å². The Morgan fingerprint density at radius 2 is 2.15 bits per heavy atom. The number of hydrogen-bond acceptors (Lipinski definition) is 5. The van der Waals surface area contributed by atoms with E-state index in [1.807, 2.05) is 0 Å². The van der Waals surface area contributed by atoms with E-state index in [-0.39, 0.29) is 11.6 Å². The number of thiocarbonyl (C=S) groups is 1. The summed E-state index contributed by atoms with van der Waals surface area (Å²) in [5.41, 5.74) is 0.345. The maximum Gasteiger partial charge on any atom is 0.276 e. The zero-order valence-corrected chi connectivity index (χ0v) is 11.9. The number of hydrogen-bond donors (Lipinski definition) is 0. The van der Waals surface area contributed by atoms with Crippen molar-refractivity contribution >= 4 is 46.0 Å². The van der Waals surface area contributed by atoms with Gasteiger partial charge in [0.25, 0.3) is 11.6 Å². The lowest BCUT2D eigenvalue weighted by Gasteiger charge is -2.10. The molecule has 1 aromatic rings. The minimum Gasteiger partial charge on any atom is -0.289 e. The average molecular weight is 306 g/mol. The Morgan fingerprint density at radius 3 is 2.80 bits per heavy atom. The fraction of sp³-hybridized carbons (Fsp3) is 0.0769. The molecular weight excluding hydrogens is 296 g/mol. The van der Waals surface area contributed by atoms with Crippen LogP contribution in [0.4, 0.5) is 5.69 Å². The van der Waals surface area contributed by atoms with E-state index >= 15 is 0 Å². The van der Waals surface area contributed by atoms with Gasteiger partial charge in [-0.3, -0.25) is 19.8 Å². The lowest BCUT2D eigenvalue weighted by molar-refractivity contribution is -0.385. The van der Waals surface area contributed by atoms with Gasteiger partial charge in [-0.25, -0.2) is 0 Å². The second-order valence-electron chi connectivity index (χ2n) is 3.90. The Kier molecular flexibility index (Phi) is 4.31. The number of benzene rings is 1. The number of nitro groups is 1. The maximum atomic E-state index is 12.1. The third kappa shape index (κ3) is 2.78. The summed E-state index contributed by atoms with van der Waals surface area (Å²) in [4.78, 5) is 24.4. The molecule has 0 bridgehead atoms. The fourth-order valence-electron chi connectivity index (χ4n) is 1.70. The monoisotopic (exact) mass is 306 g/mol. The van der Waals surface area contributed by atoms with Crippen molar-refractivity contribution in [1.29, 1.82) is 0 Å². The molecule has 7 heteroatoms. The SMILES string of the molecule is C=CCN1C(=O)/C(=C/c2ccccc2[N+](=O)[O-])SC1=S. The number of amides is 1. The van der Waals surface area contributed by atoms with Crippen molar-refractivity contribution in [3.05, 3.63) is 57.5 Å². The largest absolute Gasteiger partial charge is 0.289 e. The molecule has 0 aromatic heterocycles. The van der Waals surface area contributed by atoms with Gasteiger partial charge in [-0.05, 0) is 12.1 Å². The molecule has 0 atom stereocenters. The van der Waals surface area contributed by atoms with Gasteiger partial charge in [0.1, 0.15) is 4.32 Å². The number of thioether (sulfide) groups is 1. The van der Waals surface area contributed by atoms with Crippen LogP contribution in [0.3, 0.4) is 0 Å². The normalized spacial score (nSPS) is 16.8. The first kappa shape index (κ1) is 14.4. The summed E-state index contributed by atoms with van der Waals surface area (Å²) >= 11 is 6.24. The molecule has 0 N–H and O–H groups in total. The Morgan fingerprint density at radius 1 is 1.45 bits per heavy atom. The second kappa shape index (κ2) is 5.98. The highest BCUT2D eigenvalue weighted by Gasteiger charge is 2.31. The number of para-hydroxylation sites is 1. The molecule has 1 fully saturated rings. The van der Waals surface area contributed by atoms with Crippen molar-refractivity contribution in [3.8, 4) is 0 Å². The summed E-state index contributed by atoms with van der Waals surface area (Å²) < 4.78 is 0.430. The highest BCUT2D eigenvalue weighted by atomic mass is 32.2. The molecule has 0 spiro atoms. The van der Waals surface area contributed by atoms with Gasteiger partial charge in [0, 0.05) is 12.6 Å². The van der Waals surface area contributed by atoms with Gasteiger partial charge < -0.3 is 0 Å². The molecule has 0 aliphatic carbocycles. The molecule has 5 nitrogen and oxygen atoms in total. The Balaban J connectivity index is 2.38. The van der Waals surface area contributed by atoms with Crippen LogP contribution in [0.15, 0.2) is 41.8 Å². The van der Waals surface area contributed by atoms with Gasteiger partial charge in [-0.2, -0.15) is 0 Å². The summed E-state index contributed by atoms with van der Waals surface area (Å²) in [5.74, 6) is -0.252. The lowest BCUT2D eigenvalue weighted by atomic mass is 10.1. The van der Waals surface area contributed by atoms with Crippen LogP contribution in [0.2, 0.25) is 0 Å². The second-order valence-corrected chi connectivity index (χ2v) is 5.57. The number of nitrogens with zero attached hydrogens (tertiary/aromatic N) is 2. The van der Waals surface area contributed by atoms with Gasteiger partial charge in [-0.1, -0.05) is 42.2 Å². The van der Waals surface area contributed by atoms with Crippen molar-refractivity contribution in [2.75, 3.05) is 6.54 Å². The zero-order chi connectivity index (χ0) is 14.7. The first-order valence-electron chi connectivity index (χ1n) is 5.64. The van der Waals surface area contributed by atoms with E-state index in [0.29, 0.717) is 21.3 Å². The van der Waals surface area contributed by atoms with Gasteiger partial charge in [0.05, 0.1) is 15.4 Å². The first-order valence-corrected chi connectivity index (χ1v) is 6.86. The first-order chi connectivity index (χ1) is 9.54. The molecule has 0 saturated carbocycles. The summed E-state index contributed by atoms with van der Waals surface area (Å²) in [6.07, 6.45) is 3.08. The number of nitro benzene ring substituents is 1. The predicted octanol–water partition coefficient (Wildman–Crippen LogP) is 2.98.